The van der Waals surface area contributed by atoms with Crippen LogP contribution in [0, 0.1) is 5.82 Å². The van der Waals surface area contributed by atoms with Crippen LogP contribution in [0.15, 0.2) is 22.7 Å². The molecular formula is C14H18BrFN2. The van der Waals surface area contributed by atoms with Crippen LogP contribution in [0.3, 0.4) is 0 Å². The van der Waals surface area contributed by atoms with Gasteiger partial charge in [-0.1, -0.05) is 15.9 Å². The van der Waals surface area contributed by atoms with Gasteiger partial charge in [0.25, 0.3) is 0 Å². The molecule has 0 radical (unpaired) electrons. The fourth-order valence-electron chi connectivity index (χ4n) is 3.12. The van der Waals surface area contributed by atoms with Crippen molar-refractivity contribution in [2.75, 3.05) is 13.1 Å². The van der Waals surface area contributed by atoms with Crippen LogP contribution in [0.1, 0.15) is 24.8 Å². The van der Waals surface area contributed by atoms with E-state index in [4.69, 9.17) is 0 Å². The van der Waals surface area contributed by atoms with Crippen LogP contribution in [0.4, 0.5) is 4.39 Å². The number of nitrogens with zero attached hydrogens (tertiary/aromatic N) is 1. The van der Waals surface area contributed by atoms with E-state index < -0.39 is 0 Å². The highest BCUT2D eigenvalue weighted by molar-refractivity contribution is 9.10. The molecule has 98 valence electrons. The molecule has 0 aromatic heterocycles. The predicted molar refractivity (Wildman–Crippen MR) is 73.9 cm³/mol. The number of likely N-dealkylation sites (tertiary alicyclic amines) is 1. The molecular weight excluding hydrogens is 295 g/mol. The lowest BCUT2D eigenvalue weighted by molar-refractivity contribution is 0.250. The van der Waals surface area contributed by atoms with Gasteiger partial charge in [0.15, 0.2) is 0 Å². The van der Waals surface area contributed by atoms with E-state index >= 15 is 0 Å². The summed E-state index contributed by atoms with van der Waals surface area (Å²) in [5.74, 6) is -0.158. The van der Waals surface area contributed by atoms with E-state index in [1.54, 1.807) is 6.07 Å². The topological polar surface area (TPSA) is 15.3 Å². The Hall–Kier alpha value is -0.450. The van der Waals surface area contributed by atoms with Crippen LogP contribution >= 0.6 is 15.9 Å². The van der Waals surface area contributed by atoms with Crippen LogP contribution in [-0.2, 0) is 6.54 Å². The molecule has 2 heterocycles. The van der Waals surface area contributed by atoms with Gasteiger partial charge in [-0.15, -0.1) is 0 Å². The first kappa shape index (κ1) is 12.6. The van der Waals surface area contributed by atoms with Crippen molar-refractivity contribution in [2.24, 2.45) is 0 Å². The summed E-state index contributed by atoms with van der Waals surface area (Å²) in [5, 5.41) is 3.67. The Kier molecular flexibility index (Phi) is 3.68. The lowest BCUT2D eigenvalue weighted by Gasteiger charge is -2.24. The molecule has 2 bridgehead atoms. The zero-order valence-electron chi connectivity index (χ0n) is 10.3. The predicted octanol–water partition coefficient (Wildman–Crippen LogP) is 2.91. The fourth-order valence-corrected chi connectivity index (χ4v) is 3.63. The van der Waals surface area contributed by atoms with Gasteiger partial charge in [0.05, 0.1) is 0 Å². The average Bonchev–Trinajstić information content (AvgIpc) is 2.61. The van der Waals surface area contributed by atoms with Crippen LogP contribution in [-0.4, -0.2) is 30.1 Å². The highest BCUT2D eigenvalue weighted by atomic mass is 79.9. The smallest absolute Gasteiger partial charge is 0.124 e. The molecule has 1 aromatic rings. The molecule has 2 atom stereocenters. The second-order valence-corrected chi connectivity index (χ2v) is 6.36. The molecule has 2 aliphatic heterocycles. The van der Waals surface area contributed by atoms with Gasteiger partial charge >= 0.3 is 0 Å². The third kappa shape index (κ3) is 2.92. The Bertz CT molecular complexity index is 418. The summed E-state index contributed by atoms with van der Waals surface area (Å²) in [7, 11) is 0. The summed E-state index contributed by atoms with van der Waals surface area (Å²) >= 11 is 3.35. The SMILES string of the molecule is Fc1cc(Br)cc(CN2CCC3CCC(C2)N3)c1. The van der Waals surface area contributed by atoms with Crippen LogP contribution in [0.25, 0.3) is 0 Å². The third-order valence-electron chi connectivity index (χ3n) is 3.94. The van der Waals surface area contributed by atoms with E-state index in [1.165, 1.54) is 25.3 Å². The van der Waals surface area contributed by atoms with Crippen LogP contribution in [0.5, 0.6) is 0 Å². The lowest BCUT2D eigenvalue weighted by Crippen LogP contribution is -2.34. The molecule has 1 aromatic carbocycles. The highest BCUT2D eigenvalue weighted by Gasteiger charge is 2.29. The molecule has 18 heavy (non-hydrogen) atoms. The summed E-state index contributed by atoms with van der Waals surface area (Å²) in [4.78, 5) is 2.44. The number of fused-ring (bicyclic) bond motifs is 2. The number of benzene rings is 1. The molecule has 2 fully saturated rings. The highest BCUT2D eigenvalue weighted by Crippen LogP contribution is 2.22. The van der Waals surface area contributed by atoms with Crippen LogP contribution in [0.2, 0.25) is 0 Å². The van der Waals surface area contributed by atoms with Gasteiger partial charge in [-0.2, -0.15) is 0 Å². The number of hydrogen-bond acceptors (Lipinski definition) is 2. The van der Waals surface area contributed by atoms with Crippen molar-refractivity contribution >= 4 is 15.9 Å². The maximum absolute atomic E-state index is 13.4. The third-order valence-corrected chi connectivity index (χ3v) is 4.39. The largest absolute Gasteiger partial charge is 0.310 e. The van der Waals surface area contributed by atoms with E-state index in [0.29, 0.717) is 12.1 Å². The zero-order chi connectivity index (χ0) is 12.5. The van der Waals surface area contributed by atoms with Crippen molar-refractivity contribution < 1.29 is 4.39 Å². The Morgan fingerprint density at radius 1 is 1.22 bits per heavy atom. The fraction of sp³-hybridized carbons (Fsp3) is 0.571. The van der Waals surface area contributed by atoms with Crippen molar-refractivity contribution in [2.45, 2.75) is 37.9 Å². The van der Waals surface area contributed by atoms with Crippen molar-refractivity contribution in [1.29, 1.82) is 0 Å². The Balaban J connectivity index is 1.68. The summed E-state index contributed by atoms with van der Waals surface area (Å²) < 4.78 is 14.2. The van der Waals surface area contributed by atoms with Crippen molar-refractivity contribution in [3.63, 3.8) is 0 Å². The first-order chi connectivity index (χ1) is 8.69. The number of halogens is 2. The number of rotatable bonds is 2. The van der Waals surface area contributed by atoms with Gasteiger partial charge in [-0.25, -0.2) is 4.39 Å². The minimum absolute atomic E-state index is 0.158. The summed E-state index contributed by atoms with van der Waals surface area (Å²) in [6.45, 7) is 3.05. The lowest BCUT2D eigenvalue weighted by atomic mass is 10.1. The van der Waals surface area contributed by atoms with E-state index in [-0.39, 0.29) is 5.82 Å². The van der Waals surface area contributed by atoms with E-state index in [0.717, 1.165) is 29.7 Å². The van der Waals surface area contributed by atoms with Gasteiger partial charge in [0.2, 0.25) is 0 Å². The standard InChI is InChI=1S/C14H18BrFN2/c15-11-5-10(6-12(16)7-11)8-18-4-3-13-1-2-14(9-18)17-13/h5-7,13-14,17H,1-4,8-9H2. The molecule has 0 aliphatic carbocycles. The Labute approximate surface area is 116 Å². The second-order valence-electron chi connectivity index (χ2n) is 5.44. The first-order valence-corrected chi connectivity index (χ1v) is 7.42. The number of hydrogen-bond donors (Lipinski definition) is 1. The van der Waals surface area contributed by atoms with E-state index in [2.05, 4.69) is 26.1 Å². The summed E-state index contributed by atoms with van der Waals surface area (Å²) in [6, 6.07) is 6.50. The van der Waals surface area contributed by atoms with Gasteiger partial charge in [-0.3, -0.25) is 4.90 Å². The molecule has 2 unspecified atom stereocenters. The number of nitrogens with one attached hydrogen (secondary N) is 1. The maximum Gasteiger partial charge on any atom is 0.124 e. The summed E-state index contributed by atoms with van der Waals surface area (Å²) in [6.07, 6.45) is 3.82. The minimum Gasteiger partial charge on any atom is -0.310 e. The molecule has 2 nitrogen and oxygen atoms in total. The average molecular weight is 313 g/mol. The molecule has 1 N–H and O–H groups in total. The summed E-state index contributed by atoms with van der Waals surface area (Å²) in [5.41, 5.74) is 1.06. The Morgan fingerprint density at radius 2 is 2.06 bits per heavy atom. The first-order valence-electron chi connectivity index (χ1n) is 6.62. The van der Waals surface area contributed by atoms with E-state index in [1.807, 2.05) is 6.07 Å². The normalized spacial score (nSPS) is 28.3. The molecule has 0 amide bonds. The molecule has 3 rings (SSSR count). The Morgan fingerprint density at radius 3 is 2.89 bits per heavy atom. The second kappa shape index (κ2) is 5.27. The monoisotopic (exact) mass is 312 g/mol. The molecule has 4 heteroatoms. The van der Waals surface area contributed by atoms with Gasteiger partial charge in [0, 0.05) is 36.2 Å². The minimum atomic E-state index is -0.158. The van der Waals surface area contributed by atoms with Gasteiger partial charge < -0.3 is 5.32 Å². The maximum atomic E-state index is 13.4. The van der Waals surface area contributed by atoms with Crippen LogP contribution < -0.4 is 5.32 Å². The molecule has 2 saturated heterocycles. The van der Waals surface area contributed by atoms with Crippen molar-refractivity contribution in [3.8, 4) is 0 Å². The molecule has 0 spiro atoms. The van der Waals surface area contributed by atoms with Gasteiger partial charge in [0.1, 0.15) is 5.82 Å². The van der Waals surface area contributed by atoms with Gasteiger partial charge in [-0.05, 0) is 43.0 Å². The quantitative estimate of drug-likeness (QED) is 0.903. The van der Waals surface area contributed by atoms with E-state index in [9.17, 15) is 4.39 Å². The van der Waals surface area contributed by atoms with Crippen molar-refractivity contribution in [1.82, 2.24) is 10.2 Å². The zero-order valence-corrected chi connectivity index (χ0v) is 11.9. The van der Waals surface area contributed by atoms with Crippen molar-refractivity contribution in [3.05, 3.63) is 34.1 Å². The molecule has 0 saturated carbocycles. The molecule has 2 aliphatic rings.